The molecule has 1 N–H and O–H groups in total. The van der Waals surface area contributed by atoms with Crippen molar-refractivity contribution in [2.45, 2.75) is 64.3 Å². The smallest absolute Gasteiger partial charge is 0.00798 e. The Kier molecular flexibility index (Phi) is 5.97. The minimum Gasteiger partial charge on any atom is -0.314 e. The molecule has 2 nitrogen and oxygen atoms in total. The Hall–Kier alpha value is -0.0800. The fourth-order valence-corrected chi connectivity index (χ4v) is 3.62. The fourth-order valence-electron chi connectivity index (χ4n) is 3.62. The number of hydrogen-bond donors (Lipinski definition) is 1. The molecule has 0 amide bonds. The summed E-state index contributed by atoms with van der Waals surface area (Å²) in [6.07, 6.45) is 11.4. The Morgan fingerprint density at radius 1 is 0.944 bits per heavy atom. The maximum atomic E-state index is 3.86. The van der Waals surface area contributed by atoms with Gasteiger partial charge in [0.1, 0.15) is 0 Å². The van der Waals surface area contributed by atoms with E-state index >= 15 is 0 Å². The Labute approximate surface area is 114 Å². The first kappa shape index (κ1) is 14.3. The molecule has 1 atom stereocenters. The molecular weight excluding hydrogens is 220 g/mol. The van der Waals surface area contributed by atoms with Gasteiger partial charge in [-0.15, -0.1) is 0 Å². The molecule has 1 unspecified atom stereocenters. The van der Waals surface area contributed by atoms with E-state index in [2.05, 4.69) is 24.2 Å². The molecule has 0 spiro atoms. The highest BCUT2D eigenvalue weighted by Crippen LogP contribution is 2.30. The molecule has 1 saturated heterocycles. The van der Waals surface area contributed by atoms with Crippen LogP contribution in [0.3, 0.4) is 0 Å². The number of likely N-dealkylation sites (tertiary alicyclic amines) is 1. The third-order valence-electron chi connectivity index (χ3n) is 5.19. The first-order valence-corrected chi connectivity index (χ1v) is 8.19. The largest absolute Gasteiger partial charge is 0.314 e. The molecule has 2 fully saturated rings. The monoisotopic (exact) mass is 252 g/mol. The lowest BCUT2D eigenvalue weighted by molar-refractivity contribution is 0.253. The molecule has 0 aromatic carbocycles. The van der Waals surface area contributed by atoms with Crippen LogP contribution < -0.4 is 5.32 Å². The first-order valence-electron chi connectivity index (χ1n) is 8.19. The van der Waals surface area contributed by atoms with Crippen molar-refractivity contribution >= 4 is 0 Å². The van der Waals surface area contributed by atoms with E-state index in [0.29, 0.717) is 0 Å². The van der Waals surface area contributed by atoms with Crippen LogP contribution in [-0.4, -0.2) is 37.6 Å². The minimum atomic E-state index is 0.791. The maximum Gasteiger partial charge on any atom is 0.00798 e. The summed E-state index contributed by atoms with van der Waals surface area (Å²) in [5.74, 6) is 2.00. The van der Waals surface area contributed by atoms with E-state index < -0.39 is 0 Å². The standard InChI is InChI=1S/C16H32N2/c1-3-14-6-8-15(9-7-14)13-17-16-5-4-11-18(2)12-10-16/h14-17H,3-13H2,1-2H3. The number of hydrogen-bond acceptors (Lipinski definition) is 2. The fraction of sp³-hybridized carbons (Fsp3) is 1.00. The van der Waals surface area contributed by atoms with Crippen LogP contribution in [0.4, 0.5) is 0 Å². The van der Waals surface area contributed by atoms with Crippen LogP contribution in [0.1, 0.15) is 58.3 Å². The lowest BCUT2D eigenvalue weighted by Gasteiger charge is -2.29. The lowest BCUT2D eigenvalue weighted by Crippen LogP contribution is -2.35. The summed E-state index contributed by atoms with van der Waals surface area (Å²) in [4.78, 5) is 2.48. The summed E-state index contributed by atoms with van der Waals surface area (Å²) in [6, 6.07) is 0.791. The van der Waals surface area contributed by atoms with Gasteiger partial charge in [0.05, 0.1) is 0 Å². The van der Waals surface area contributed by atoms with Crippen LogP contribution in [0.25, 0.3) is 0 Å². The van der Waals surface area contributed by atoms with Gasteiger partial charge in [-0.1, -0.05) is 26.2 Å². The summed E-state index contributed by atoms with van der Waals surface area (Å²) < 4.78 is 0. The average Bonchev–Trinajstić information content (AvgIpc) is 2.62. The normalized spacial score (nSPS) is 35.3. The van der Waals surface area contributed by atoms with Crippen molar-refractivity contribution in [1.29, 1.82) is 0 Å². The zero-order valence-corrected chi connectivity index (χ0v) is 12.5. The highest BCUT2D eigenvalue weighted by atomic mass is 15.1. The van der Waals surface area contributed by atoms with Gasteiger partial charge in [-0.05, 0) is 70.6 Å². The molecule has 0 aromatic rings. The van der Waals surface area contributed by atoms with Gasteiger partial charge in [-0.2, -0.15) is 0 Å². The molecule has 0 bridgehead atoms. The second-order valence-corrected chi connectivity index (χ2v) is 6.63. The Bertz CT molecular complexity index is 221. The number of rotatable bonds is 4. The summed E-state index contributed by atoms with van der Waals surface area (Å²) in [7, 11) is 2.26. The molecule has 0 radical (unpaired) electrons. The van der Waals surface area contributed by atoms with Crippen LogP contribution in [0.15, 0.2) is 0 Å². The first-order chi connectivity index (χ1) is 8.78. The zero-order valence-electron chi connectivity index (χ0n) is 12.5. The van der Waals surface area contributed by atoms with Gasteiger partial charge in [-0.3, -0.25) is 0 Å². The SMILES string of the molecule is CCC1CCC(CNC2CCCN(C)CC2)CC1. The molecule has 1 aliphatic carbocycles. The van der Waals surface area contributed by atoms with Crippen molar-refractivity contribution in [3.63, 3.8) is 0 Å². The summed E-state index contributed by atoms with van der Waals surface area (Å²) in [6.45, 7) is 6.20. The van der Waals surface area contributed by atoms with Crippen molar-refractivity contribution in [1.82, 2.24) is 10.2 Å². The van der Waals surface area contributed by atoms with Crippen molar-refractivity contribution in [2.75, 3.05) is 26.7 Å². The summed E-state index contributed by atoms with van der Waals surface area (Å²) >= 11 is 0. The van der Waals surface area contributed by atoms with Gasteiger partial charge in [0.25, 0.3) is 0 Å². The molecule has 1 saturated carbocycles. The molecular formula is C16H32N2. The molecule has 1 heterocycles. The molecule has 2 rings (SSSR count). The Balaban J connectivity index is 1.62. The van der Waals surface area contributed by atoms with Gasteiger partial charge in [0.2, 0.25) is 0 Å². The van der Waals surface area contributed by atoms with Crippen LogP contribution in [0, 0.1) is 11.8 Å². The topological polar surface area (TPSA) is 15.3 Å². The van der Waals surface area contributed by atoms with E-state index in [1.54, 1.807) is 0 Å². The summed E-state index contributed by atoms with van der Waals surface area (Å²) in [5, 5.41) is 3.86. The molecule has 18 heavy (non-hydrogen) atoms. The minimum absolute atomic E-state index is 0.791. The second-order valence-electron chi connectivity index (χ2n) is 6.63. The van der Waals surface area contributed by atoms with Gasteiger partial charge < -0.3 is 10.2 Å². The van der Waals surface area contributed by atoms with E-state index in [-0.39, 0.29) is 0 Å². The molecule has 2 heteroatoms. The van der Waals surface area contributed by atoms with E-state index in [4.69, 9.17) is 0 Å². The third-order valence-corrected chi connectivity index (χ3v) is 5.19. The predicted octanol–water partition coefficient (Wildman–Crippen LogP) is 3.28. The molecule has 2 aliphatic rings. The highest BCUT2D eigenvalue weighted by molar-refractivity contribution is 4.78. The van der Waals surface area contributed by atoms with E-state index in [9.17, 15) is 0 Å². The van der Waals surface area contributed by atoms with Crippen molar-refractivity contribution in [3.05, 3.63) is 0 Å². The Morgan fingerprint density at radius 3 is 2.39 bits per heavy atom. The van der Waals surface area contributed by atoms with Crippen LogP contribution >= 0.6 is 0 Å². The van der Waals surface area contributed by atoms with E-state index in [0.717, 1.165) is 17.9 Å². The predicted molar refractivity (Wildman–Crippen MR) is 78.9 cm³/mol. The number of nitrogens with one attached hydrogen (secondary N) is 1. The molecule has 106 valence electrons. The molecule has 1 aliphatic heterocycles. The van der Waals surface area contributed by atoms with Crippen molar-refractivity contribution in [2.24, 2.45) is 11.8 Å². The van der Waals surface area contributed by atoms with Crippen LogP contribution in [0.5, 0.6) is 0 Å². The summed E-state index contributed by atoms with van der Waals surface area (Å²) in [5.41, 5.74) is 0. The van der Waals surface area contributed by atoms with Crippen LogP contribution in [-0.2, 0) is 0 Å². The van der Waals surface area contributed by atoms with Crippen molar-refractivity contribution < 1.29 is 0 Å². The zero-order chi connectivity index (χ0) is 12.8. The van der Waals surface area contributed by atoms with E-state index in [1.807, 2.05) is 0 Å². The number of nitrogens with zero attached hydrogens (tertiary/aromatic N) is 1. The average molecular weight is 252 g/mol. The Morgan fingerprint density at radius 2 is 1.67 bits per heavy atom. The maximum absolute atomic E-state index is 3.86. The lowest BCUT2D eigenvalue weighted by atomic mass is 9.81. The van der Waals surface area contributed by atoms with Gasteiger partial charge in [-0.25, -0.2) is 0 Å². The quantitative estimate of drug-likeness (QED) is 0.826. The van der Waals surface area contributed by atoms with Gasteiger partial charge in [0, 0.05) is 6.04 Å². The van der Waals surface area contributed by atoms with E-state index in [1.165, 1.54) is 71.0 Å². The second kappa shape index (κ2) is 7.49. The van der Waals surface area contributed by atoms with Crippen LogP contribution in [0.2, 0.25) is 0 Å². The third kappa shape index (κ3) is 4.55. The van der Waals surface area contributed by atoms with Crippen molar-refractivity contribution in [3.8, 4) is 0 Å². The van der Waals surface area contributed by atoms with Gasteiger partial charge in [0.15, 0.2) is 0 Å². The highest BCUT2D eigenvalue weighted by Gasteiger charge is 2.21. The van der Waals surface area contributed by atoms with Gasteiger partial charge >= 0.3 is 0 Å². The molecule has 0 aromatic heterocycles.